The summed E-state index contributed by atoms with van der Waals surface area (Å²) in [5, 5.41) is 4.16. The third kappa shape index (κ3) is 3.67. The molecular weight excluding hydrogens is 428 g/mol. The number of para-hydroxylation sites is 1. The first-order chi connectivity index (χ1) is 15.9. The number of anilines is 1. The van der Waals surface area contributed by atoms with E-state index < -0.39 is 17.4 Å². The molecule has 0 aliphatic carbocycles. The summed E-state index contributed by atoms with van der Waals surface area (Å²) in [6.45, 7) is 1.51. The molecule has 0 unspecified atom stereocenters. The second-order valence-electron chi connectivity index (χ2n) is 7.61. The molecule has 1 N–H and O–H groups in total. The highest BCUT2D eigenvalue weighted by atomic mass is 19.1. The Labute approximate surface area is 186 Å². The number of hydrogen-bond acceptors (Lipinski definition) is 5. The zero-order valence-electron chi connectivity index (χ0n) is 17.4. The van der Waals surface area contributed by atoms with Crippen LogP contribution in [-0.2, 0) is 0 Å². The van der Waals surface area contributed by atoms with Gasteiger partial charge in [-0.25, -0.2) is 8.78 Å². The van der Waals surface area contributed by atoms with Gasteiger partial charge in [0.2, 0.25) is 11.6 Å². The number of carbonyl (C=O) groups is 2. The van der Waals surface area contributed by atoms with Crippen LogP contribution in [0.25, 0.3) is 21.9 Å². The molecule has 164 valence electrons. The van der Waals surface area contributed by atoms with E-state index in [0.717, 1.165) is 0 Å². The Morgan fingerprint density at radius 2 is 1.48 bits per heavy atom. The van der Waals surface area contributed by atoms with E-state index in [1.807, 2.05) is 0 Å². The number of benzene rings is 3. The number of halogens is 2. The Morgan fingerprint density at radius 1 is 0.818 bits per heavy atom. The maximum atomic E-state index is 13.6. The van der Waals surface area contributed by atoms with E-state index in [-0.39, 0.29) is 29.4 Å². The molecule has 0 bridgehead atoms. The lowest BCUT2D eigenvalue weighted by Gasteiger charge is -2.06. The number of furan rings is 2. The number of Topliss-reactive ketones (excluding diaryl/α,β-unsaturated/α-hetero) is 1. The number of fused-ring (bicyclic) bond motifs is 2. The number of rotatable bonds is 6. The molecule has 0 aliphatic rings. The Kier molecular flexibility index (Phi) is 5.01. The van der Waals surface area contributed by atoms with Crippen LogP contribution < -0.4 is 5.32 Å². The van der Waals surface area contributed by atoms with E-state index in [0.29, 0.717) is 33.2 Å². The molecule has 0 fully saturated rings. The summed E-state index contributed by atoms with van der Waals surface area (Å²) in [4.78, 5) is 26.0. The number of ketones is 2. The third-order valence-corrected chi connectivity index (χ3v) is 5.49. The third-order valence-electron chi connectivity index (χ3n) is 5.49. The highest BCUT2D eigenvalue weighted by molar-refractivity contribution is 6.15. The normalized spacial score (nSPS) is 11.2. The molecule has 0 atom stereocenters. The van der Waals surface area contributed by atoms with Crippen molar-refractivity contribution < 1.29 is 27.2 Å². The number of hydrogen-bond donors (Lipinski definition) is 1. The van der Waals surface area contributed by atoms with Crippen molar-refractivity contribution in [1.82, 2.24) is 0 Å². The van der Waals surface area contributed by atoms with Gasteiger partial charge in [-0.1, -0.05) is 12.1 Å². The molecule has 5 rings (SSSR count). The van der Waals surface area contributed by atoms with E-state index in [2.05, 4.69) is 5.32 Å². The fraction of sp³-hybridized carbons (Fsp3) is 0.0769. The highest BCUT2D eigenvalue weighted by Crippen LogP contribution is 2.33. The van der Waals surface area contributed by atoms with Gasteiger partial charge < -0.3 is 14.2 Å². The van der Waals surface area contributed by atoms with E-state index in [1.54, 1.807) is 31.2 Å². The van der Waals surface area contributed by atoms with Crippen molar-refractivity contribution >= 4 is 39.2 Å². The molecule has 5 aromatic rings. The summed E-state index contributed by atoms with van der Waals surface area (Å²) in [5.74, 6) is -1.56. The van der Waals surface area contributed by atoms with Crippen molar-refractivity contribution in [1.29, 1.82) is 0 Å². The van der Waals surface area contributed by atoms with Crippen LogP contribution in [0.3, 0.4) is 0 Å². The fourth-order valence-electron chi connectivity index (χ4n) is 3.82. The van der Waals surface area contributed by atoms with Gasteiger partial charge in [-0.15, -0.1) is 0 Å². The van der Waals surface area contributed by atoms with Crippen LogP contribution >= 0.6 is 0 Å². The fourth-order valence-corrected chi connectivity index (χ4v) is 3.82. The van der Waals surface area contributed by atoms with Crippen molar-refractivity contribution in [2.45, 2.75) is 6.92 Å². The first-order valence-corrected chi connectivity index (χ1v) is 10.2. The smallest absolute Gasteiger partial charge is 0.230 e. The maximum absolute atomic E-state index is 13.6. The van der Waals surface area contributed by atoms with Crippen LogP contribution in [0, 0.1) is 18.6 Å². The second kappa shape index (κ2) is 8.02. The molecule has 0 saturated heterocycles. The lowest BCUT2D eigenvalue weighted by molar-refractivity contribution is 0.0977. The standard InChI is InChI=1S/C26H17F2NO4/c1-14-19-12-17(28)10-11-22(19)32-25(14)20(30)13-29-23-18-4-2-3-5-21(18)33-26(23)24(31)15-6-8-16(27)9-7-15/h2-12,29H,13H2,1H3. The maximum Gasteiger partial charge on any atom is 0.230 e. The van der Waals surface area contributed by atoms with Crippen LogP contribution in [0.4, 0.5) is 14.5 Å². The van der Waals surface area contributed by atoms with Gasteiger partial charge in [0.1, 0.15) is 22.8 Å². The van der Waals surface area contributed by atoms with Gasteiger partial charge in [0.05, 0.1) is 12.2 Å². The lowest BCUT2D eigenvalue weighted by atomic mass is 10.1. The molecule has 3 aromatic carbocycles. The molecular formula is C26H17F2NO4. The molecule has 0 radical (unpaired) electrons. The minimum absolute atomic E-state index is 0.0130. The summed E-state index contributed by atoms with van der Waals surface area (Å²) in [6.07, 6.45) is 0. The summed E-state index contributed by atoms with van der Waals surface area (Å²) >= 11 is 0. The Morgan fingerprint density at radius 3 is 2.27 bits per heavy atom. The molecule has 5 nitrogen and oxygen atoms in total. The molecule has 33 heavy (non-hydrogen) atoms. The van der Waals surface area contributed by atoms with Crippen LogP contribution in [0.1, 0.15) is 32.2 Å². The molecule has 0 amide bonds. The zero-order valence-corrected chi connectivity index (χ0v) is 17.4. The SMILES string of the molecule is Cc1c(C(=O)CNc2c(C(=O)c3ccc(F)cc3)oc3ccccc23)oc2ccc(F)cc12. The lowest BCUT2D eigenvalue weighted by Crippen LogP contribution is -2.16. The van der Waals surface area contributed by atoms with Gasteiger partial charge in [-0.3, -0.25) is 9.59 Å². The van der Waals surface area contributed by atoms with Crippen molar-refractivity contribution in [2.24, 2.45) is 0 Å². The van der Waals surface area contributed by atoms with E-state index in [4.69, 9.17) is 8.83 Å². The average molecular weight is 445 g/mol. The second-order valence-corrected chi connectivity index (χ2v) is 7.61. The first kappa shape index (κ1) is 20.6. The van der Waals surface area contributed by atoms with Gasteiger partial charge >= 0.3 is 0 Å². The van der Waals surface area contributed by atoms with Gasteiger partial charge in [-0.2, -0.15) is 0 Å². The zero-order chi connectivity index (χ0) is 23.1. The molecule has 0 aliphatic heterocycles. The van der Waals surface area contributed by atoms with Gasteiger partial charge in [0.25, 0.3) is 0 Å². The van der Waals surface area contributed by atoms with Gasteiger partial charge in [-0.05, 0) is 61.5 Å². The monoisotopic (exact) mass is 445 g/mol. The average Bonchev–Trinajstić information content (AvgIpc) is 3.35. The number of nitrogens with one attached hydrogen (secondary N) is 1. The minimum Gasteiger partial charge on any atom is -0.453 e. The first-order valence-electron chi connectivity index (χ1n) is 10.2. The van der Waals surface area contributed by atoms with Crippen LogP contribution in [-0.4, -0.2) is 18.1 Å². The molecule has 0 spiro atoms. The van der Waals surface area contributed by atoms with Gasteiger partial charge in [0.15, 0.2) is 11.5 Å². The summed E-state index contributed by atoms with van der Waals surface area (Å²) < 4.78 is 38.3. The molecule has 0 saturated carbocycles. The van der Waals surface area contributed by atoms with Crippen LogP contribution in [0.5, 0.6) is 0 Å². The summed E-state index contributed by atoms with van der Waals surface area (Å²) in [5.41, 5.74) is 2.02. The van der Waals surface area contributed by atoms with Crippen LogP contribution in [0.15, 0.2) is 75.6 Å². The molecule has 2 aromatic heterocycles. The minimum atomic E-state index is -0.457. The quantitative estimate of drug-likeness (QED) is 0.311. The largest absolute Gasteiger partial charge is 0.453 e. The van der Waals surface area contributed by atoms with Crippen molar-refractivity contribution in [2.75, 3.05) is 11.9 Å². The van der Waals surface area contributed by atoms with Crippen molar-refractivity contribution in [3.63, 3.8) is 0 Å². The van der Waals surface area contributed by atoms with Crippen molar-refractivity contribution in [3.05, 3.63) is 101 Å². The van der Waals surface area contributed by atoms with E-state index in [1.165, 1.54) is 42.5 Å². The summed E-state index contributed by atoms with van der Waals surface area (Å²) in [7, 11) is 0. The Hall–Kier alpha value is -4.26. The predicted molar refractivity (Wildman–Crippen MR) is 120 cm³/mol. The molecule has 7 heteroatoms. The number of carbonyl (C=O) groups excluding carboxylic acids is 2. The van der Waals surface area contributed by atoms with E-state index in [9.17, 15) is 18.4 Å². The number of aryl methyl sites for hydroxylation is 1. The van der Waals surface area contributed by atoms with Crippen LogP contribution in [0.2, 0.25) is 0 Å². The van der Waals surface area contributed by atoms with E-state index >= 15 is 0 Å². The van der Waals surface area contributed by atoms with Gasteiger partial charge in [0, 0.05) is 21.9 Å². The predicted octanol–water partition coefficient (Wildman–Crippen LogP) is 6.29. The Balaban J connectivity index is 1.48. The Bertz CT molecular complexity index is 1530. The summed E-state index contributed by atoms with van der Waals surface area (Å²) in [6, 6.07) is 16.2. The topological polar surface area (TPSA) is 72.5 Å². The van der Waals surface area contributed by atoms with Crippen molar-refractivity contribution in [3.8, 4) is 0 Å². The highest BCUT2D eigenvalue weighted by Gasteiger charge is 2.24. The molecule has 2 heterocycles.